The Morgan fingerprint density at radius 1 is 1.29 bits per heavy atom. The molecule has 8 heteroatoms. The van der Waals surface area contributed by atoms with Crippen molar-refractivity contribution >= 4 is 18.0 Å². The third-order valence-electron chi connectivity index (χ3n) is 3.61. The summed E-state index contributed by atoms with van der Waals surface area (Å²) in [6.45, 7) is 4.10. The Kier molecular flexibility index (Phi) is 6.41. The van der Waals surface area contributed by atoms with Gasteiger partial charge in [-0.3, -0.25) is 4.79 Å². The highest BCUT2D eigenvalue weighted by Crippen LogP contribution is 2.12. The molecule has 0 radical (unpaired) electrons. The van der Waals surface area contributed by atoms with Gasteiger partial charge >= 0.3 is 18.0 Å². The number of aliphatic carboxylic acids is 2. The number of carbonyl (C=O) groups is 3. The summed E-state index contributed by atoms with van der Waals surface area (Å²) in [6.07, 6.45) is 0.928. The lowest BCUT2D eigenvalue weighted by atomic mass is 10.2. The third kappa shape index (κ3) is 5.22. The molecule has 0 aliphatic carbocycles. The molecule has 0 saturated carbocycles. The van der Waals surface area contributed by atoms with Gasteiger partial charge in [0.2, 0.25) is 0 Å². The summed E-state index contributed by atoms with van der Waals surface area (Å²) < 4.78 is 0. The van der Waals surface area contributed by atoms with Crippen LogP contribution in [0.1, 0.15) is 26.2 Å². The Morgan fingerprint density at radius 3 is 2.48 bits per heavy atom. The van der Waals surface area contributed by atoms with Crippen LogP contribution >= 0.6 is 0 Å². The van der Waals surface area contributed by atoms with Crippen LogP contribution in [0.25, 0.3) is 0 Å². The van der Waals surface area contributed by atoms with Crippen molar-refractivity contribution in [3.63, 3.8) is 0 Å². The van der Waals surface area contributed by atoms with E-state index in [0.717, 1.165) is 25.9 Å². The number of urea groups is 1. The Morgan fingerprint density at radius 2 is 1.95 bits per heavy atom. The van der Waals surface area contributed by atoms with Crippen LogP contribution in [0.2, 0.25) is 0 Å². The zero-order valence-corrected chi connectivity index (χ0v) is 12.4. The predicted molar refractivity (Wildman–Crippen MR) is 75.1 cm³/mol. The monoisotopic (exact) mass is 301 g/mol. The fourth-order valence-corrected chi connectivity index (χ4v) is 2.47. The standard InChI is InChI=1S/C13H23N3O5/c1-3-9-8-15(2)5-4-6-16(9)13(21)14-10(12(19)20)7-11(17)18/h9-10H,3-8H2,1-2H3,(H,14,21)(H,17,18)(H,19,20)/t9?,10-/m1/s1. The van der Waals surface area contributed by atoms with E-state index >= 15 is 0 Å². The van der Waals surface area contributed by atoms with Gasteiger partial charge in [-0.25, -0.2) is 9.59 Å². The number of carbonyl (C=O) groups excluding carboxylic acids is 1. The zero-order chi connectivity index (χ0) is 16.0. The second kappa shape index (κ2) is 7.82. The Hall–Kier alpha value is -1.83. The molecule has 0 spiro atoms. The SMILES string of the molecule is CCC1CN(C)CCCN1C(=O)N[C@H](CC(=O)O)C(=O)O. The number of nitrogens with one attached hydrogen (secondary N) is 1. The number of amides is 2. The fraction of sp³-hybridized carbons (Fsp3) is 0.769. The smallest absolute Gasteiger partial charge is 0.326 e. The number of hydrogen-bond donors (Lipinski definition) is 3. The average molecular weight is 301 g/mol. The van der Waals surface area contributed by atoms with E-state index in [-0.39, 0.29) is 6.04 Å². The van der Waals surface area contributed by atoms with E-state index in [9.17, 15) is 14.4 Å². The minimum atomic E-state index is -1.41. The molecule has 1 unspecified atom stereocenters. The van der Waals surface area contributed by atoms with Crippen LogP contribution in [0, 0.1) is 0 Å². The first-order chi connectivity index (χ1) is 9.85. The summed E-state index contributed by atoms with van der Waals surface area (Å²) in [7, 11) is 1.98. The molecule has 0 aromatic carbocycles. The van der Waals surface area contributed by atoms with Gasteiger partial charge in [-0.1, -0.05) is 6.92 Å². The van der Waals surface area contributed by atoms with Crippen LogP contribution in [0.15, 0.2) is 0 Å². The highest BCUT2D eigenvalue weighted by molar-refractivity contribution is 5.86. The van der Waals surface area contributed by atoms with Crippen LogP contribution in [0.5, 0.6) is 0 Å². The van der Waals surface area contributed by atoms with Gasteiger partial charge in [-0.2, -0.15) is 0 Å². The first kappa shape index (κ1) is 17.2. The summed E-state index contributed by atoms with van der Waals surface area (Å²) in [5, 5.41) is 20.0. The number of likely N-dealkylation sites (N-methyl/N-ethyl adjacent to an activating group) is 1. The van der Waals surface area contributed by atoms with E-state index in [4.69, 9.17) is 10.2 Å². The molecule has 1 aliphatic heterocycles. The molecule has 3 N–H and O–H groups in total. The van der Waals surface area contributed by atoms with Gasteiger partial charge in [0, 0.05) is 19.1 Å². The summed E-state index contributed by atoms with van der Waals surface area (Å²) in [5.74, 6) is -2.60. The van der Waals surface area contributed by atoms with E-state index < -0.39 is 30.4 Å². The Bertz CT molecular complexity index is 401. The average Bonchev–Trinajstić information content (AvgIpc) is 2.58. The highest BCUT2D eigenvalue weighted by atomic mass is 16.4. The van der Waals surface area contributed by atoms with Crippen molar-refractivity contribution in [1.29, 1.82) is 0 Å². The van der Waals surface area contributed by atoms with Crippen LogP contribution in [-0.2, 0) is 9.59 Å². The van der Waals surface area contributed by atoms with Gasteiger partial charge in [0.05, 0.1) is 6.42 Å². The van der Waals surface area contributed by atoms with Gasteiger partial charge < -0.3 is 25.3 Å². The first-order valence-corrected chi connectivity index (χ1v) is 7.05. The van der Waals surface area contributed by atoms with E-state index in [0.29, 0.717) is 6.54 Å². The molecule has 2 amide bonds. The van der Waals surface area contributed by atoms with Crippen molar-refractivity contribution in [2.45, 2.75) is 38.3 Å². The molecular formula is C13H23N3O5. The molecule has 0 aromatic heterocycles. The van der Waals surface area contributed by atoms with E-state index in [1.807, 2.05) is 14.0 Å². The summed E-state index contributed by atoms with van der Waals surface area (Å²) in [5.41, 5.74) is 0. The molecule has 1 rings (SSSR count). The minimum absolute atomic E-state index is 0.00299. The number of hydrogen-bond acceptors (Lipinski definition) is 4. The lowest BCUT2D eigenvalue weighted by Crippen LogP contribution is -2.53. The highest BCUT2D eigenvalue weighted by Gasteiger charge is 2.30. The maximum Gasteiger partial charge on any atom is 0.326 e. The van der Waals surface area contributed by atoms with E-state index in [1.165, 1.54) is 0 Å². The second-order valence-corrected chi connectivity index (χ2v) is 5.31. The quantitative estimate of drug-likeness (QED) is 0.661. The Labute approximate surface area is 123 Å². The van der Waals surface area contributed by atoms with E-state index in [2.05, 4.69) is 10.2 Å². The number of rotatable bonds is 5. The maximum atomic E-state index is 12.3. The van der Waals surface area contributed by atoms with Gasteiger partial charge in [-0.05, 0) is 26.4 Å². The van der Waals surface area contributed by atoms with Crippen molar-refractivity contribution in [1.82, 2.24) is 15.1 Å². The van der Waals surface area contributed by atoms with Crippen molar-refractivity contribution in [3.8, 4) is 0 Å². The lowest BCUT2D eigenvalue weighted by molar-refractivity contribution is -0.145. The largest absolute Gasteiger partial charge is 0.481 e. The fourth-order valence-electron chi connectivity index (χ4n) is 2.47. The molecule has 21 heavy (non-hydrogen) atoms. The molecule has 1 saturated heterocycles. The predicted octanol–water partition coefficient (Wildman–Crippen LogP) is 0.0400. The van der Waals surface area contributed by atoms with Crippen molar-refractivity contribution in [2.24, 2.45) is 0 Å². The number of carboxylic acid groups (broad SMARTS) is 2. The minimum Gasteiger partial charge on any atom is -0.481 e. The molecule has 0 bridgehead atoms. The van der Waals surface area contributed by atoms with Gasteiger partial charge in [0.15, 0.2) is 0 Å². The summed E-state index contributed by atoms with van der Waals surface area (Å²) in [6, 6.07) is -1.92. The molecule has 1 aliphatic rings. The third-order valence-corrected chi connectivity index (χ3v) is 3.61. The van der Waals surface area contributed by atoms with Crippen molar-refractivity contribution in [3.05, 3.63) is 0 Å². The summed E-state index contributed by atoms with van der Waals surface area (Å²) in [4.78, 5) is 37.7. The van der Waals surface area contributed by atoms with Crippen molar-refractivity contribution < 1.29 is 24.6 Å². The normalized spacial score (nSPS) is 21.4. The molecule has 8 nitrogen and oxygen atoms in total. The van der Waals surface area contributed by atoms with Crippen LogP contribution < -0.4 is 5.32 Å². The van der Waals surface area contributed by atoms with Gasteiger partial charge in [0.1, 0.15) is 6.04 Å². The molecule has 1 fully saturated rings. The number of nitrogens with zero attached hydrogens (tertiary/aromatic N) is 2. The first-order valence-electron chi connectivity index (χ1n) is 7.05. The second-order valence-electron chi connectivity index (χ2n) is 5.31. The molecule has 1 heterocycles. The summed E-state index contributed by atoms with van der Waals surface area (Å²) >= 11 is 0. The van der Waals surface area contributed by atoms with Crippen LogP contribution in [0.3, 0.4) is 0 Å². The van der Waals surface area contributed by atoms with Gasteiger partial charge in [0.25, 0.3) is 0 Å². The van der Waals surface area contributed by atoms with Gasteiger partial charge in [-0.15, -0.1) is 0 Å². The Balaban J connectivity index is 2.74. The molecule has 0 aromatic rings. The lowest BCUT2D eigenvalue weighted by Gasteiger charge is -2.31. The molecular weight excluding hydrogens is 278 g/mol. The van der Waals surface area contributed by atoms with Crippen LogP contribution in [0.4, 0.5) is 4.79 Å². The van der Waals surface area contributed by atoms with Crippen LogP contribution in [-0.4, -0.2) is 76.7 Å². The molecule has 120 valence electrons. The maximum absolute atomic E-state index is 12.3. The topological polar surface area (TPSA) is 110 Å². The zero-order valence-electron chi connectivity index (χ0n) is 12.4. The van der Waals surface area contributed by atoms with Crippen molar-refractivity contribution in [2.75, 3.05) is 26.7 Å². The van der Waals surface area contributed by atoms with E-state index in [1.54, 1.807) is 4.90 Å². The number of carboxylic acids is 2. The molecule has 2 atom stereocenters.